The first-order valence-corrected chi connectivity index (χ1v) is 6.64. The summed E-state index contributed by atoms with van der Waals surface area (Å²) >= 11 is 0. The summed E-state index contributed by atoms with van der Waals surface area (Å²) < 4.78 is 23.4. The first-order valence-electron chi connectivity index (χ1n) is 4.92. The van der Waals surface area contributed by atoms with Gasteiger partial charge in [0.05, 0.1) is 10.7 Å². The lowest BCUT2D eigenvalue weighted by Gasteiger charge is -2.08. The van der Waals surface area contributed by atoms with E-state index in [9.17, 15) is 23.3 Å². The molecule has 0 heterocycles. The fourth-order valence-electron chi connectivity index (χ4n) is 1.31. The number of benzene rings is 1. The molecule has 1 rings (SSSR count). The lowest BCUT2D eigenvalue weighted by Crippen LogP contribution is -2.28. The van der Waals surface area contributed by atoms with Crippen LogP contribution in [0.15, 0.2) is 24.3 Å². The maximum Gasteiger partial charge on any atom is 0.321 e. The van der Waals surface area contributed by atoms with Gasteiger partial charge in [0.25, 0.3) is 5.69 Å². The molecule has 1 aromatic carbocycles. The van der Waals surface area contributed by atoms with Gasteiger partial charge in [-0.1, -0.05) is 18.2 Å². The summed E-state index contributed by atoms with van der Waals surface area (Å²) in [5.41, 5.74) is -0.353. The first-order chi connectivity index (χ1) is 8.25. The summed E-state index contributed by atoms with van der Waals surface area (Å²) in [5.74, 6) is -2.15. The van der Waals surface area contributed by atoms with Crippen molar-refractivity contribution < 1.29 is 23.2 Å². The molecule has 0 fully saturated rings. The molecular formula is C10H11NO6S. The van der Waals surface area contributed by atoms with Crippen LogP contribution in [0.3, 0.4) is 0 Å². The molecule has 1 aromatic rings. The molecule has 1 atom stereocenters. The van der Waals surface area contributed by atoms with Gasteiger partial charge in [-0.3, -0.25) is 14.9 Å². The highest BCUT2D eigenvalue weighted by Crippen LogP contribution is 2.21. The molecule has 0 saturated carbocycles. The number of sulfone groups is 1. The summed E-state index contributed by atoms with van der Waals surface area (Å²) in [6, 6.07) is 5.35. The van der Waals surface area contributed by atoms with Crippen LogP contribution >= 0.6 is 0 Å². The van der Waals surface area contributed by atoms with E-state index in [1.807, 2.05) is 0 Å². The Kier molecular flexibility index (Phi) is 4.02. The molecule has 0 spiro atoms. The Morgan fingerprint density at radius 1 is 1.44 bits per heavy atom. The summed E-state index contributed by atoms with van der Waals surface area (Å²) in [6.45, 7) is 1.03. The molecule has 0 saturated heterocycles. The Morgan fingerprint density at radius 2 is 2.00 bits per heavy atom. The lowest BCUT2D eigenvalue weighted by atomic mass is 10.2. The van der Waals surface area contributed by atoms with Crippen molar-refractivity contribution in [3.63, 3.8) is 0 Å². The van der Waals surface area contributed by atoms with Gasteiger partial charge in [0, 0.05) is 11.6 Å². The topological polar surface area (TPSA) is 115 Å². The average Bonchev–Trinajstić information content (AvgIpc) is 2.27. The number of aliphatic carboxylic acids is 1. The molecule has 0 aliphatic heterocycles. The smallest absolute Gasteiger partial charge is 0.321 e. The highest BCUT2D eigenvalue weighted by atomic mass is 32.2. The summed E-state index contributed by atoms with van der Waals surface area (Å²) in [7, 11) is -3.97. The minimum absolute atomic E-state index is 0.0180. The second kappa shape index (κ2) is 5.13. The van der Waals surface area contributed by atoms with E-state index in [2.05, 4.69) is 0 Å². The molecule has 0 aliphatic carbocycles. The average molecular weight is 273 g/mol. The van der Waals surface area contributed by atoms with E-state index in [1.165, 1.54) is 24.3 Å². The maximum atomic E-state index is 11.7. The van der Waals surface area contributed by atoms with Gasteiger partial charge in [-0.25, -0.2) is 8.42 Å². The number of para-hydroxylation sites is 1. The molecule has 18 heavy (non-hydrogen) atoms. The van der Waals surface area contributed by atoms with Crippen molar-refractivity contribution in [3.8, 4) is 0 Å². The fraction of sp³-hybridized carbons (Fsp3) is 0.300. The van der Waals surface area contributed by atoms with Gasteiger partial charge < -0.3 is 5.11 Å². The molecule has 0 radical (unpaired) electrons. The Hall–Kier alpha value is -1.96. The Balaban J connectivity index is 3.13. The summed E-state index contributed by atoms with van der Waals surface area (Å²) in [5, 5.41) is 17.8. The van der Waals surface area contributed by atoms with Crippen molar-refractivity contribution in [2.45, 2.75) is 17.9 Å². The molecule has 0 aliphatic rings. The van der Waals surface area contributed by atoms with Gasteiger partial charge in [-0.05, 0) is 6.92 Å². The lowest BCUT2D eigenvalue weighted by molar-refractivity contribution is -0.385. The quantitative estimate of drug-likeness (QED) is 0.631. The molecule has 1 N–H and O–H groups in total. The van der Waals surface area contributed by atoms with Crippen LogP contribution in [-0.4, -0.2) is 29.7 Å². The van der Waals surface area contributed by atoms with Gasteiger partial charge in [0.2, 0.25) is 0 Å². The molecule has 7 nitrogen and oxygen atoms in total. The van der Waals surface area contributed by atoms with Gasteiger partial charge >= 0.3 is 5.97 Å². The number of hydrogen-bond acceptors (Lipinski definition) is 5. The van der Waals surface area contributed by atoms with Crippen LogP contribution in [0.5, 0.6) is 0 Å². The monoisotopic (exact) mass is 273 g/mol. The fourth-order valence-corrected chi connectivity index (χ4v) is 2.54. The van der Waals surface area contributed by atoms with Crippen molar-refractivity contribution in [2.24, 2.45) is 0 Å². The number of carboxylic acids is 1. The van der Waals surface area contributed by atoms with E-state index in [0.29, 0.717) is 0 Å². The number of nitro groups is 1. The number of carbonyl (C=O) groups is 1. The second-order valence-electron chi connectivity index (χ2n) is 3.67. The number of carboxylic acid groups (broad SMARTS) is 1. The van der Waals surface area contributed by atoms with Crippen LogP contribution in [0, 0.1) is 10.1 Å². The molecule has 8 heteroatoms. The van der Waals surface area contributed by atoms with Crippen LogP contribution in [0.1, 0.15) is 12.5 Å². The van der Waals surface area contributed by atoms with E-state index < -0.39 is 31.7 Å². The van der Waals surface area contributed by atoms with Crippen molar-refractivity contribution >= 4 is 21.5 Å². The molecular weight excluding hydrogens is 262 g/mol. The largest absolute Gasteiger partial charge is 0.480 e. The van der Waals surface area contributed by atoms with E-state index in [1.54, 1.807) is 0 Å². The zero-order valence-corrected chi connectivity index (χ0v) is 10.3. The van der Waals surface area contributed by atoms with E-state index >= 15 is 0 Å². The third-order valence-electron chi connectivity index (χ3n) is 2.43. The van der Waals surface area contributed by atoms with Gasteiger partial charge in [-0.15, -0.1) is 0 Å². The van der Waals surface area contributed by atoms with Crippen LogP contribution in [0.2, 0.25) is 0 Å². The van der Waals surface area contributed by atoms with Crippen molar-refractivity contribution in [1.82, 2.24) is 0 Å². The highest BCUT2D eigenvalue weighted by Gasteiger charge is 2.30. The first kappa shape index (κ1) is 14.1. The predicted octanol–water partition coefficient (Wildman–Crippen LogP) is 0.983. The van der Waals surface area contributed by atoms with E-state index in [4.69, 9.17) is 5.11 Å². The molecule has 1 unspecified atom stereocenters. The zero-order valence-electron chi connectivity index (χ0n) is 9.44. The van der Waals surface area contributed by atoms with Crippen LogP contribution in [-0.2, 0) is 20.4 Å². The third kappa shape index (κ3) is 3.04. The van der Waals surface area contributed by atoms with Crippen LogP contribution in [0.4, 0.5) is 5.69 Å². The number of nitrogens with zero attached hydrogens (tertiary/aromatic N) is 1. The Morgan fingerprint density at radius 3 is 2.50 bits per heavy atom. The maximum absolute atomic E-state index is 11.7. The normalized spacial score (nSPS) is 12.9. The summed E-state index contributed by atoms with van der Waals surface area (Å²) in [4.78, 5) is 20.6. The van der Waals surface area contributed by atoms with Crippen LogP contribution in [0.25, 0.3) is 0 Å². The predicted molar refractivity (Wildman–Crippen MR) is 62.8 cm³/mol. The number of hydrogen-bond donors (Lipinski definition) is 1. The van der Waals surface area contributed by atoms with Crippen LogP contribution < -0.4 is 0 Å². The van der Waals surface area contributed by atoms with Crippen molar-refractivity contribution in [3.05, 3.63) is 39.9 Å². The Labute approximate surface area is 103 Å². The molecule has 0 aromatic heterocycles. The summed E-state index contributed by atoms with van der Waals surface area (Å²) in [6.07, 6.45) is 0. The second-order valence-corrected chi connectivity index (χ2v) is 5.99. The molecule has 0 bridgehead atoms. The van der Waals surface area contributed by atoms with Crippen molar-refractivity contribution in [1.29, 1.82) is 0 Å². The number of nitro benzene ring substituents is 1. The third-order valence-corrected chi connectivity index (χ3v) is 4.42. The minimum Gasteiger partial charge on any atom is -0.480 e. The highest BCUT2D eigenvalue weighted by molar-refractivity contribution is 7.92. The standard InChI is InChI=1S/C10H11NO6S/c1-7(10(12)13)18(16,17)6-8-4-2-3-5-9(8)11(14)15/h2-5,7H,6H2,1H3,(H,12,13). The SMILES string of the molecule is CC(C(=O)O)S(=O)(=O)Cc1ccccc1[N+](=O)[O-]. The van der Waals surface area contributed by atoms with Gasteiger partial charge in [0.1, 0.15) is 0 Å². The Bertz CT molecular complexity index is 580. The minimum atomic E-state index is -3.97. The van der Waals surface area contributed by atoms with E-state index in [0.717, 1.165) is 6.92 Å². The molecule has 0 amide bonds. The number of rotatable bonds is 5. The van der Waals surface area contributed by atoms with Crippen molar-refractivity contribution in [2.75, 3.05) is 0 Å². The van der Waals surface area contributed by atoms with Gasteiger partial charge in [0.15, 0.2) is 15.1 Å². The zero-order chi connectivity index (χ0) is 13.9. The van der Waals surface area contributed by atoms with Gasteiger partial charge in [-0.2, -0.15) is 0 Å². The molecule has 98 valence electrons. The van der Waals surface area contributed by atoms with E-state index in [-0.39, 0.29) is 11.3 Å².